The summed E-state index contributed by atoms with van der Waals surface area (Å²) in [6.07, 6.45) is -0.410. The molecule has 0 bridgehead atoms. The first-order chi connectivity index (χ1) is 9.49. The van der Waals surface area contributed by atoms with Crippen molar-refractivity contribution < 1.29 is 9.66 Å². The van der Waals surface area contributed by atoms with E-state index in [1.807, 2.05) is 18.2 Å². The number of hydrogen-bond acceptors (Lipinski definition) is 4. The average molecular weight is 293 g/mol. The third kappa shape index (κ3) is 3.05. The van der Waals surface area contributed by atoms with E-state index in [4.69, 9.17) is 16.3 Å². The van der Waals surface area contributed by atoms with Crippen LogP contribution in [0.25, 0.3) is 0 Å². The van der Waals surface area contributed by atoms with Gasteiger partial charge in [-0.1, -0.05) is 29.8 Å². The quantitative estimate of drug-likeness (QED) is 0.629. The maximum Gasteiger partial charge on any atom is 0.406 e. The molecule has 1 aromatic heterocycles. The molecule has 0 aliphatic carbocycles. The molecule has 0 saturated heterocycles. The van der Waals surface area contributed by atoms with Crippen LogP contribution in [0.2, 0.25) is 5.02 Å². The topological polar surface area (TPSA) is 65.3 Å². The minimum atomic E-state index is -0.554. The number of aryl methyl sites for hydroxylation is 1. The van der Waals surface area contributed by atoms with Crippen LogP contribution < -0.4 is 4.74 Å². The molecule has 6 heteroatoms. The highest BCUT2D eigenvalue weighted by Gasteiger charge is 2.21. The Bertz CT molecular complexity index is 646. The second-order valence-corrected chi connectivity index (χ2v) is 4.72. The van der Waals surface area contributed by atoms with E-state index >= 15 is 0 Å². The Labute approximate surface area is 121 Å². The van der Waals surface area contributed by atoms with E-state index in [0.717, 1.165) is 5.56 Å². The summed E-state index contributed by atoms with van der Waals surface area (Å²) >= 11 is 6.08. The molecular formula is C14H13ClN2O3. The molecule has 0 aliphatic heterocycles. The molecule has 0 aliphatic rings. The van der Waals surface area contributed by atoms with Crippen molar-refractivity contribution in [3.8, 4) is 5.75 Å². The maximum atomic E-state index is 11.0. The van der Waals surface area contributed by atoms with Gasteiger partial charge in [-0.15, -0.1) is 0 Å². The molecule has 1 atom stereocenters. The Morgan fingerprint density at radius 2 is 2.00 bits per heavy atom. The van der Waals surface area contributed by atoms with Gasteiger partial charge in [0.15, 0.2) is 0 Å². The predicted molar refractivity (Wildman–Crippen MR) is 76.1 cm³/mol. The van der Waals surface area contributed by atoms with Crippen LogP contribution in [0.1, 0.15) is 24.3 Å². The summed E-state index contributed by atoms with van der Waals surface area (Å²) < 4.78 is 5.64. The fourth-order valence-electron chi connectivity index (χ4n) is 1.81. The lowest BCUT2D eigenvalue weighted by atomic mass is 10.1. The largest absolute Gasteiger partial charge is 0.478 e. The summed E-state index contributed by atoms with van der Waals surface area (Å²) in [5.41, 5.74) is 1.33. The Hall–Kier alpha value is -2.14. The third-order valence-electron chi connectivity index (χ3n) is 2.80. The minimum absolute atomic E-state index is 0.132. The lowest BCUT2D eigenvalue weighted by molar-refractivity contribution is -0.390. The summed E-state index contributed by atoms with van der Waals surface area (Å²) in [5, 5.41) is 11.6. The van der Waals surface area contributed by atoms with E-state index in [1.165, 1.54) is 0 Å². The fraction of sp³-hybridized carbons (Fsp3) is 0.214. The van der Waals surface area contributed by atoms with Gasteiger partial charge in [0.1, 0.15) is 11.8 Å². The SMILES string of the molecule is Cc1ccc(O[C@H](C)c2ccccc2Cl)c([N+](=O)[O-])n1. The third-order valence-corrected chi connectivity index (χ3v) is 3.14. The van der Waals surface area contributed by atoms with Crippen LogP contribution >= 0.6 is 11.6 Å². The normalized spacial score (nSPS) is 11.9. The van der Waals surface area contributed by atoms with E-state index in [1.54, 1.807) is 32.0 Å². The summed E-state index contributed by atoms with van der Waals surface area (Å²) in [6.45, 7) is 3.47. The molecule has 104 valence electrons. The molecule has 2 aromatic rings. The maximum absolute atomic E-state index is 11.0. The van der Waals surface area contributed by atoms with Crippen molar-refractivity contribution in [2.45, 2.75) is 20.0 Å². The van der Waals surface area contributed by atoms with Gasteiger partial charge >= 0.3 is 5.82 Å². The number of halogens is 1. The van der Waals surface area contributed by atoms with Crippen LogP contribution in [0.15, 0.2) is 36.4 Å². The lowest BCUT2D eigenvalue weighted by Crippen LogP contribution is -2.06. The van der Waals surface area contributed by atoms with Crippen LogP contribution in [0.3, 0.4) is 0 Å². The van der Waals surface area contributed by atoms with E-state index in [0.29, 0.717) is 10.7 Å². The Morgan fingerprint density at radius 1 is 1.30 bits per heavy atom. The Balaban J connectivity index is 2.31. The van der Waals surface area contributed by atoms with Gasteiger partial charge in [0.2, 0.25) is 5.75 Å². The van der Waals surface area contributed by atoms with Gasteiger partial charge in [-0.3, -0.25) is 0 Å². The zero-order valence-corrected chi connectivity index (χ0v) is 11.8. The minimum Gasteiger partial charge on any atom is -0.478 e. The number of aromatic nitrogens is 1. The molecule has 0 radical (unpaired) electrons. The van der Waals surface area contributed by atoms with E-state index < -0.39 is 11.0 Å². The molecule has 0 saturated carbocycles. The number of nitro groups is 1. The van der Waals surface area contributed by atoms with Gasteiger partial charge in [-0.25, -0.2) is 0 Å². The van der Waals surface area contributed by atoms with Gasteiger partial charge in [-0.2, -0.15) is 0 Å². The molecular weight excluding hydrogens is 280 g/mol. The van der Waals surface area contributed by atoms with Gasteiger partial charge in [0, 0.05) is 17.5 Å². The zero-order chi connectivity index (χ0) is 14.7. The first-order valence-corrected chi connectivity index (χ1v) is 6.40. The van der Waals surface area contributed by atoms with Crippen molar-refractivity contribution in [3.63, 3.8) is 0 Å². The second kappa shape index (κ2) is 5.88. The summed E-state index contributed by atoms with van der Waals surface area (Å²) in [6, 6.07) is 10.4. The van der Waals surface area contributed by atoms with Gasteiger partial charge in [0.05, 0.1) is 0 Å². The van der Waals surface area contributed by atoms with Crippen LogP contribution in [0.4, 0.5) is 5.82 Å². The van der Waals surface area contributed by atoms with Crippen molar-refractivity contribution in [3.05, 3.63) is 62.8 Å². The highest BCUT2D eigenvalue weighted by atomic mass is 35.5. The van der Waals surface area contributed by atoms with Gasteiger partial charge in [0.25, 0.3) is 0 Å². The predicted octanol–water partition coefficient (Wildman–Crippen LogP) is 4.09. The van der Waals surface area contributed by atoms with Crippen LogP contribution in [0.5, 0.6) is 5.75 Å². The number of pyridine rings is 1. The second-order valence-electron chi connectivity index (χ2n) is 4.31. The monoisotopic (exact) mass is 292 g/mol. The van der Waals surface area contributed by atoms with Crippen LogP contribution in [-0.4, -0.2) is 9.91 Å². The highest BCUT2D eigenvalue weighted by molar-refractivity contribution is 6.31. The van der Waals surface area contributed by atoms with Crippen molar-refractivity contribution >= 4 is 17.4 Å². The standard InChI is InChI=1S/C14H13ClN2O3/c1-9-7-8-13(14(16-9)17(18)19)20-10(2)11-5-3-4-6-12(11)15/h3-8,10H,1-2H3/t10-/m1/s1. The number of nitrogens with zero attached hydrogens (tertiary/aromatic N) is 2. The number of ether oxygens (including phenoxy) is 1. The first-order valence-electron chi connectivity index (χ1n) is 6.02. The number of rotatable bonds is 4. The van der Waals surface area contributed by atoms with E-state index in [2.05, 4.69) is 4.98 Å². The lowest BCUT2D eigenvalue weighted by Gasteiger charge is -2.15. The van der Waals surface area contributed by atoms with Crippen molar-refractivity contribution in [2.75, 3.05) is 0 Å². The smallest absolute Gasteiger partial charge is 0.406 e. The molecule has 0 spiro atoms. The van der Waals surface area contributed by atoms with Gasteiger partial charge < -0.3 is 14.9 Å². The molecule has 0 amide bonds. The fourth-order valence-corrected chi connectivity index (χ4v) is 2.10. The summed E-state index contributed by atoms with van der Waals surface area (Å²) in [7, 11) is 0. The molecule has 1 aromatic carbocycles. The number of hydrogen-bond donors (Lipinski definition) is 0. The molecule has 5 nitrogen and oxygen atoms in total. The molecule has 20 heavy (non-hydrogen) atoms. The summed E-state index contributed by atoms with van der Waals surface area (Å²) in [5.74, 6) is -0.156. The molecule has 1 heterocycles. The molecule has 0 N–H and O–H groups in total. The van der Waals surface area contributed by atoms with Crippen LogP contribution in [-0.2, 0) is 0 Å². The first kappa shape index (κ1) is 14.3. The average Bonchev–Trinajstić information content (AvgIpc) is 2.41. The van der Waals surface area contributed by atoms with Crippen molar-refractivity contribution in [1.82, 2.24) is 4.98 Å². The zero-order valence-electron chi connectivity index (χ0n) is 11.0. The van der Waals surface area contributed by atoms with E-state index in [-0.39, 0.29) is 11.6 Å². The van der Waals surface area contributed by atoms with Crippen molar-refractivity contribution in [2.24, 2.45) is 0 Å². The Kier molecular flexibility index (Phi) is 4.20. The molecule has 0 unspecified atom stereocenters. The van der Waals surface area contributed by atoms with Crippen molar-refractivity contribution in [1.29, 1.82) is 0 Å². The Morgan fingerprint density at radius 3 is 2.65 bits per heavy atom. The molecule has 0 fully saturated rings. The molecule has 2 rings (SSSR count). The van der Waals surface area contributed by atoms with Gasteiger partial charge in [-0.05, 0) is 35.0 Å². The van der Waals surface area contributed by atoms with Crippen LogP contribution in [0, 0.1) is 17.0 Å². The summed E-state index contributed by atoms with van der Waals surface area (Å²) in [4.78, 5) is 14.3. The highest BCUT2D eigenvalue weighted by Crippen LogP contribution is 2.31. The van der Waals surface area contributed by atoms with E-state index in [9.17, 15) is 10.1 Å². The number of benzene rings is 1.